The van der Waals surface area contributed by atoms with Crippen LogP contribution >= 0.6 is 0 Å². The molecule has 0 amide bonds. The number of nitrogens with zero attached hydrogens (tertiary/aromatic N) is 1. The highest BCUT2D eigenvalue weighted by Crippen LogP contribution is 2.16. The maximum Gasteiger partial charge on any atom is 0.144 e. The van der Waals surface area contributed by atoms with Gasteiger partial charge in [-0.25, -0.2) is 4.98 Å². The number of H-pyrrole nitrogens is 1. The van der Waals surface area contributed by atoms with Gasteiger partial charge in [-0.3, -0.25) is 4.79 Å². The number of rotatable bonds is 2. The highest BCUT2D eigenvalue weighted by atomic mass is 16.1. The van der Waals surface area contributed by atoms with Crippen molar-refractivity contribution in [2.24, 2.45) is 5.41 Å². The zero-order chi connectivity index (χ0) is 9.19. The van der Waals surface area contributed by atoms with Crippen molar-refractivity contribution in [3.63, 3.8) is 0 Å². The summed E-state index contributed by atoms with van der Waals surface area (Å²) in [5.74, 6) is 0.228. The molecule has 0 aliphatic rings. The van der Waals surface area contributed by atoms with E-state index in [4.69, 9.17) is 0 Å². The third-order valence-corrected chi connectivity index (χ3v) is 1.74. The van der Waals surface area contributed by atoms with Gasteiger partial charge in [-0.2, -0.15) is 0 Å². The van der Waals surface area contributed by atoms with E-state index in [9.17, 15) is 4.79 Å². The Labute approximate surface area is 72.2 Å². The Hall–Kier alpha value is -1.12. The van der Waals surface area contributed by atoms with Crippen LogP contribution in [-0.2, 0) is 11.2 Å². The van der Waals surface area contributed by atoms with Crippen LogP contribution in [0, 0.1) is 5.41 Å². The Morgan fingerprint density at radius 2 is 2.25 bits per heavy atom. The van der Waals surface area contributed by atoms with Crippen molar-refractivity contribution in [2.75, 3.05) is 0 Å². The molecule has 0 aliphatic carbocycles. The number of aromatic nitrogens is 2. The first kappa shape index (κ1) is 8.97. The lowest BCUT2D eigenvalue weighted by Gasteiger charge is -2.15. The molecule has 66 valence electrons. The summed E-state index contributed by atoms with van der Waals surface area (Å²) in [5, 5.41) is 0. The molecule has 0 aromatic carbocycles. The Bertz CT molecular complexity index is 257. The molecule has 0 aliphatic heterocycles. The number of ketones is 1. The molecule has 0 bridgehead atoms. The predicted octanol–water partition coefficient (Wildman–Crippen LogP) is 1.57. The molecule has 0 saturated heterocycles. The van der Waals surface area contributed by atoms with E-state index in [0.717, 1.165) is 5.69 Å². The molecule has 1 aromatic rings. The van der Waals surface area contributed by atoms with Gasteiger partial charge in [0, 0.05) is 23.7 Å². The molecule has 0 saturated carbocycles. The second-order valence-corrected chi connectivity index (χ2v) is 3.93. The number of nitrogens with one attached hydrogen (secondary N) is 1. The Morgan fingerprint density at radius 1 is 1.58 bits per heavy atom. The Balaban J connectivity index is 2.60. The highest BCUT2D eigenvalue weighted by Gasteiger charge is 2.21. The maximum atomic E-state index is 11.5. The smallest absolute Gasteiger partial charge is 0.144 e. The second-order valence-electron chi connectivity index (χ2n) is 3.93. The molecule has 1 N–H and O–H groups in total. The second kappa shape index (κ2) is 3.09. The van der Waals surface area contributed by atoms with Crippen LogP contribution in [0.4, 0.5) is 0 Å². The molecule has 0 radical (unpaired) electrons. The van der Waals surface area contributed by atoms with E-state index in [1.165, 1.54) is 0 Å². The molecule has 12 heavy (non-hydrogen) atoms. The fraction of sp³-hybridized carbons (Fsp3) is 0.556. The number of hydrogen-bond donors (Lipinski definition) is 1. The predicted molar refractivity (Wildman–Crippen MR) is 46.8 cm³/mol. The average molecular weight is 166 g/mol. The van der Waals surface area contributed by atoms with Gasteiger partial charge in [-0.15, -0.1) is 0 Å². The summed E-state index contributed by atoms with van der Waals surface area (Å²) in [7, 11) is 0. The normalized spacial score (nSPS) is 11.6. The van der Waals surface area contributed by atoms with Crippen LogP contribution in [0.1, 0.15) is 26.5 Å². The van der Waals surface area contributed by atoms with Crippen LogP contribution in [0.25, 0.3) is 0 Å². The fourth-order valence-electron chi connectivity index (χ4n) is 0.820. The van der Waals surface area contributed by atoms with Crippen LogP contribution < -0.4 is 0 Å². The third kappa shape index (κ3) is 2.19. The van der Waals surface area contributed by atoms with Crippen molar-refractivity contribution in [3.05, 3.63) is 18.2 Å². The van der Waals surface area contributed by atoms with Gasteiger partial charge < -0.3 is 4.98 Å². The summed E-state index contributed by atoms with van der Waals surface area (Å²) in [6.07, 6.45) is 3.72. The number of hydrogen-bond acceptors (Lipinski definition) is 2. The van der Waals surface area contributed by atoms with Crippen molar-refractivity contribution in [2.45, 2.75) is 27.2 Å². The van der Waals surface area contributed by atoms with Crippen molar-refractivity contribution in [3.8, 4) is 0 Å². The lowest BCUT2D eigenvalue weighted by atomic mass is 9.88. The molecule has 3 nitrogen and oxygen atoms in total. The van der Waals surface area contributed by atoms with E-state index in [1.807, 2.05) is 20.8 Å². The molecule has 1 rings (SSSR count). The minimum absolute atomic E-state index is 0.228. The van der Waals surface area contributed by atoms with Crippen LogP contribution in [0.3, 0.4) is 0 Å². The zero-order valence-corrected chi connectivity index (χ0v) is 7.72. The van der Waals surface area contributed by atoms with Crippen molar-refractivity contribution in [1.29, 1.82) is 0 Å². The number of carbonyl (C=O) groups excluding carboxylic acids is 1. The van der Waals surface area contributed by atoms with E-state index in [2.05, 4.69) is 9.97 Å². The first-order valence-corrected chi connectivity index (χ1v) is 4.00. The minimum atomic E-state index is -0.259. The van der Waals surface area contributed by atoms with Gasteiger partial charge in [-0.1, -0.05) is 20.8 Å². The molecule has 1 heterocycles. The molecular weight excluding hydrogens is 152 g/mol. The van der Waals surface area contributed by atoms with E-state index in [1.54, 1.807) is 12.5 Å². The zero-order valence-electron chi connectivity index (χ0n) is 7.72. The van der Waals surface area contributed by atoms with Gasteiger partial charge in [0.2, 0.25) is 0 Å². The average Bonchev–Trinajstić information content (AvgIpc) is 2.37. The summed E-state index contributed by atoms with van der Waals surface area (Å²) < 4.78 is 0. The quantitative estimate of drug-likeness (QED) is 0.724. The van der Waals surface area contributed by atoms with Gasteiger partial charge in [0.15, 0.2) is 0 Å². The van der Waals surface area contributed by atoms with Gasteiger partial charge in [0.25, 0.3) is 0 Å². The van der Waals surface area contributed by atoms with Crippen LogP contribution in [0.15, 0.2) is 12.5 Å². The molecule has 0 atom stereocenters. The maximum absolute atomic E-state index is 11.5. The summed E-state index contributed by atoms with van der Waals surface area (Å²) in [6.45, 7) is 5.77. The summed E-state index contributed by atoms with van der Waals surface area (Å²) in [6, 6.07) is 0. The van der Waals surface area contributed by atoms with Gasteiger partial charge in [-0.05, 0) is 0 Å². The fourth-order valence-corrected chi connectivity index (χ4v) is 0.820. The highest BCUT2D eigenvalue weighted by molar-refractivity contribution is 5.85. The largest absolute Gasteiger partial charge is 0.348 e. The standard InChI is InChI=1S/C9H14N2O/c1-9(2,3)8(12)4-7-5-10-6-11-7/h5-6H,4H2,1-3H3,(H,10,11). The topological polar surface area (TPSA) is 45.8 Å². The lowest BCUT2D eigenvalue weighted by Crippen LogP contribution is -2.22. The van der Waals surface area contributed by atoms with Crippen LogP contribution in [0.5, 0.6) is 0 Å². The van der Waals surface area contributed by atoms with Crippen molar-refractivity contribution in [1.82, 2.24) is 9.97 Å². The molecule has 0 fully saturated rings. The number of Topliss-reactive ketones (excluding diaryl/α,β-unsaturated/α-hetero) is 1. The number of imidazole rings is 1. The monoisotopic (exact) mass is 166 g/mol. The van der Waals surface area contributed by atoms with Crippen molar-refractivity contribution < 1.29 is 4.79 Å². The SMILES string of the molecule is CC(C)(C)C(=O)Cc1cnc[nH]1. The molecule has 0 spiro atoms. The van der Waals surface area contributed by atoms with Crippen LogP contribution in [0.2, 0.25) is 0 Å². The number of aromatic amines is 1. The first-order valence-electron chi connectivity index (χ1n) is 4.00. The number of carbonyl (C=O) groups is 1. The molecule has 1 aromatic heterocycles. The molecule has 3 heteroatoms. The first-order chi connectivity index (χ1) is 5.50. The molecule has 0 unspecified atom stereocenters. The molecular formula is C9H14N2O. The van der Waals surface area contributed by atoms with Gasteiger partial charge in [0.1, 0.15) is 5.78 Å². The third-order valence-electron chi connectivity index (χ3n) is 1.74. The van der Waals surface area contributed by atoms with Gasteiger partial charge >= 0.3 is 0 Å². The van der Waals surface area contributed by atoms with Crippen molar-refractivity contribution >= 4 is 5.78 Å². The van der Waals surface area contributed by atoms with E-state index in [-0.39, 0.29) is 11.2 Å². The van der Waals surface area contributed by atoms with Crippen LogP contribution in [-0.4, -0.2) is 15.8 Å². The van der Waals surface area contributed by atoms with E-state index >= 15 is 0 Å². The Morgan fingerprint density at radius 3 is 2.67 bits per heavy atom. The van der Waals surface area contributed by atoms with E-state index in [0.29, 0.717) is 6.42 Å². The lowest BCUT2D eigenvalue weighted by molar-refractivity contribution is -0.125. The van der Waals surface area contributed by atoms with Gasteiger partial charge in [0.05, 0.1) is 6.33 Å². The van der Waals surface area contributed by atoms with E-state index < -0.39 is 0 Å². The minimum Gasteiger partial charge on any atom is -0.348 e. The Kier molecular flexibility index (Phi) is 2.31. The summed E-state index contributed by atoms with van der Waals surface area (Å²) >= 11 is 0. The summed E-state index contributed by atoms with van der Waals surface area (Å²) in [5.41, 5.74) is 0.625. The summed E-state index contributed by atoms with van der Waals surface area (Å²) in [4.78, 5) is 18.2.